The molecule has 2 heteroatoms. The van der Waals surface area contributed by atoms with Crippen molar-refractivity contribution in [1.29, 1.82) is 0 Å². The van der Waals surface area contributed by atoms with Crippen LogP contribution in [0.3, 0.4) is 0 Å². The van der Waals surface area contributed by atoms with Crippen molar-refractivity contribution in [3.63, 3.8) is 0 Å². The van der Waals surface area contributed by atoms with Gasteiger partial charge in [0.2, 0.25) is 0 Å². The van der Waals surface area contributed by atoms with Crippen molar-refractivity contribution in [2.45, 2.75) is 38.8 Å². The maximum Gasteiger partial charge on any atom is 0.0690 e. The lowest BCUT2D eigenvalue weighted by molar-refractivity contribution is 0.510. The highest BCUT2D eigenvalue weighted by atomic mass is 15.2. The van der Waals surface area contributed by atoms with Crippen molar-refractivity contribution in [3.8, 4) is 0 Å². The van der Waals surface area contributed by atoms with Gasteiger partial charge < -0.3 is 10.6 Å². The second-order valence-corrected chi connectivity index (χ2v) is 6.14. The Morgan fingerprint density at radius 2 is 1.76 bits per heavy atom. The summed E-state index contributed by atoms with van der Waals surface area (Å²) in [6.07, 6.45) is 2.37. The fourth-order valence-corrected chi connectivity index (χ4v) is 3.38. The summed E-state index contributed by atoms with van der Waals surface area (Å²) in [6.45, 7) is 5.32. The van der Waals surface area contributed by atoms with Gasteiger partial charge in [0.1, 0.15) is 0 Å². The molecule has 0 bridgehead atoms. The first kappa shape index (κ1) is 14.2. The van der Waals surface area contributed by atoms with Crippen LogP contribution in [-0.4, -0.2) is 12.6 Å². The van der Waals surface area contributed by atoms with E-state index in [1.54, 1.807) is 0 Å². The van der Waals surface area contributed by atoms with E-state index in [1.807, 2.05) is 0 Å². The molecule has 0 aromatic heterocycles. The minimum absolute atomic E-state index is 0.0962. The Morgan fingerprint density at radius 1 is 1.05 bits per heavy atom. The van der Waals surface area contributed by atoms with E-state index in [-0.39, 0.29) is 12.1 Å². The maximum atomic E-state index is 6.35. The van der Waals surface area contributed by atoms with Crippen LogP contribution in [0, 0.1) is 6.92 Å². The molecule has 2 N–H and O–H groups in total. The van der Waals surface area contributed by atoms with Crippen LogP contribution in [0.4, 0.5) is 5.69 Å². The van der Waals surface area contributed by atoms with Crippen LogP contribution in [0.25, 0.3) is 0 Å². The lowest BCUT2D eigenvalue weighted by Crippen LogP contribution is -2.42. The summed E-state index contributed by atoms with van der Waals surface area (Å²) in [7, 11) is 0. The summed E-state index contributed by atoms with van der Waals surface area (Å²) in [5, 5.41) is 0. The third kappa shape index (κ3) is 2.81. The fourth-order valence-electron chi connectivity index (χ4n) is 3.38. The predicted molar refractivity (Wildman–Crippen MR) is 89.7 cm³/mol. The second-order valence-electron chi connectivity index (χ2n) is 6.14. The van der Waals surface area contributed by atoms with Gasteiger partial charge in [-0.05, 0) is 43.9 Å². The molecule has 1 heterocycles. The molecule has 0 aliphatic carbocycles. The number of rotatable bonds is 3. The minimum atomic E-state index is 0.0962. The first-order chi connectivity index (χ1) is 10.2. The van der Waals surface area contributed by atoms with Gasteiger partial charge in [0.25, 0.3) is 0 Å². The Morgan fingerprint density at radius 3 is 2.48 bits per heavy atom. The molecule has 110 valence electrons. The van der Waals surface area contributed by atoms with Crippen LogP contribution in [0.15, 0.2) is 48.5 Å². The zero-order valence-corrected chi connectivity index (χ0v) is 12.9. The van der Waals surface area contributed by atoms with Crippen LogP contribution in [0.5, 0.6) is 0 Å². The summed E-state index contributed by atoms with van der Waals surface area (Å²) < 4.78 is 0. The van der Waals surface area contributed by atoms with Crippen molar-refractivity contribution < 1.29 is 0 Å². The van der Waals surface area contributed by atoms with E-state index in [4.69, 9.17) is 5.73 Å². The van der Waals surface area contributed by atoms with Gasteiger partial charge >= 0.3 is 0 Å². The lowest BCUT2D eigenvalue weighted by Gasteiger charge is -2.40. The van der Waals surface area contributed by atoms with E-state index < -0.39 is 0 Å². The molecule has 0 saturated carbocycles. The summed E-state index contributed by atoms with van der Waals surface area (Å²) in [6, 6.07) is 17.9. The number of para-hydroxylation sites is 1. The zero-order valence-electron chi connectivity index (χ0n) is 12.9. The average Bonchev–Trinajstić information content (AvgIpc) is 2.49. The number of anilines is 1. The highest BCUT2D eigenvalue weighted by Gasteiger charge is 2.27. The summed E-state index contributed by atoms with van der Waals surface area (Å²) in [5.41, 5.74) is 11.8. The van der Waals surface area contributed by atoms with E-state index in [0.29, 0.717) is 0 Å². The topological polar surface area (TPSA) is 29.3 Å². The molecule has 0 radical (unpaired) electrons. The number of aryl methyl sites for hydroxylation is 2. The van der Waals surface area contributed by atoms with Crippen LogP contribution >= 0.6 is 0 Å². The van der Waals surface area contributed by atoms with Gasteiger partial charge in [0.15, 0.2) is 0 Å². The molecule has 2 aromatic carbocycles. The zero-order chi connectivity index (χ0) is 14.8. The van der Waals surface area contributed by atoms with Gasteiger partial charge in [-0.3, -0.25) is 0 Å². The number of fused-ring (bicyclic) bond motifs is 1. The van der Waals surface area contributed by atoms with Crippen molar-refractivity contribution >= 4 is 5.69 Å². The largest absolute Gasteiger partial charge is 0.363 e. The third-order valence-corrected chi connectivity index (χ3v) is 4.40. The van der Waals surface area contributed by atoms with E-state index in [9.17, 15) is 0 Å². The number of hydrogen-bond acceptors (Lipinski definition) is 2. The van der Waals surface area contributed by atoms with Crippen LogP contribution in [-0.2, 0) is 6.42 Å². The number of nitrogens with zero attached hydrogens (tertiary/aromatic N) is 1. The van der Waals surface area contributed by atoms with Gasteiger partial charge in [-0.1, -0.05) is 48.0 Å². The van der Waals surface area contributed by atoms with Crippen LogP contribution in [0.2, 0.25) is 0 Å². The first-order valence-electron chi connectivity index (χ1n) is 7.83. The Hall–Kier alpha value is -1.80. The molecule has 1 aliphatic rings. The fraction of sp³-hybridized carbons (Fsp3) is 0.368. The molecule has 0 saturated heterocycles. The lowest BCUT2D eigenvalue weighted by atomic mass is 9.93. The van der Waals surface area contributed by atoms with E-state index in [2.05, 4.69) is 67.3 Å². The van der Waals surface area contributed by atoms with Crippen LogP contribution in [0.1, 0.15) is 36.1 Å². The molecule has 2 aromatic rings. The summed E-state index contributed by atoms with van der Waals surface area (Å²) in [4.78, 5) is 2.49. The van der Waals surface area contributed by atoms with Gasteiger partial charge in [-0.15, -0.1) is 0 Å². The normalized spacial score (nSPS) is 17.2. The quantitative estimate of drug-likeness (QED) is 0.925. The molecule has 0 spiro atoms. The van der Waals surface area contributed by atoms with Crippen molar-refractivity contribution in [2.24, 2.45) is 5.73 Å². The van der Waals surface area contributed by atoms with Gasteiger partial charge in [-0.25, -0.2) is 0 Å². The van der Waals surface area contributed by atoms with Crippen molar-refractivity contribution in [1.82, 2.24) is 0 Å². The van der Waals surface area contributed by atoms with Gasteiger partial charge in [0, 0.05) is 18.3 Å². The smallest absolute Gasteiger partial charge is 0.0690 e. The SMILES string of the molecule is Cc1ccc(C(C(C)N)N2CCCc3ccccc32)cc1. The Kier molecular flexibility index (Phi) is 3.98. The molecule has 21 heavy (non-hydrogen) atoms. The molecule has 0 amide bonds. The molecular weight excluding hydrogens is 256 g/mol. The monoisotopic (exact) mass is 280 g/mol. The minimum Gasteiger partial charge on any atom is -0.363 e. The Balaban J connectivity index is 2.01. The van der Waals surface area contributed by atoms with Gasteiger partial charge in [-0.2, -0.15) is 0 Å². The number of nitrogens with two attached hydrogens (primary N) is 1. The van der Waals surface area contributed by atoms with Crippen LogP contribution < -0.4 is 10.6 Å². The molecule has 0 fully saturated rings. The van der Waals surface area contributed by atoms with E-state index >= 15 is 0 Å². The maximum absolute atomic E-state index is 6.35. The molecular formula is C19H24N2. The predicted octanol–water partition coefficient (Wildman–Crippen LogP) is 3.84. The van der Waals surface area contributed by atoms with Gasteiger partial charge in [0.05, 0.1) is 6.04 Å². The highest BCUT2D eigenvalue weighted by Crippen LogP contribution is 2.35. The summed E-state index contributed by atoms with van der Waals surface area (Å²) >= 11 is 0. The molecule has 1 aliphatic heterocycles. The van der Waals surface area contributed by atoms with Crippen molar-refractivity contribution in [2.75, 3.05) is 11.4 Å². The van der Waals surface area contributed by atoms with Crippen molar-refractivity contribution in [3.05, 3.63) is 65.2 Å². The number of benzene rings is 2. The Labute approximate surface area is 127 Å². The third-order valence-electron chi connectivity index (χ3n) is 4.40. The molecule has 3 rings (SSSR count). The standard InChI is InChI=1S/C19H24N2/c1-14-9-11-17(12-10-14)19(15(2)20)21-13-5-7-16-6-3-4-8-18(16)21/h3-4,6,8-12,15,19H,5,7,13,20H2,1-2H3. The molecule has 2 nitrogen and oxygen atoms in total. The first-order valence-corrected chi connectivity index (χ1v) is 7.83. The molecule has 2 atom stereocenters. The second kappa shape index (κ2) is 5.90. The Bertz CT molecular complexity index is 601. The average molecular weight is 280 g/mol. The molecule has 2 unspecified atom stereocenters. The number of hydrogen-bond donors (Lipinski definition) is 1. The van der Waals surface area contributed by atoms with E-state index in [1.165, 1.54) is 35.2 Å². The van der Waals surface area contributed by atoms with E-state index in [0.717, 1.165) is 6.54 Å². The summed E-state index contributed by atoms with van der Waals surface area (Å²) in [5.74, 6) is 0. The highest BCUT2D eigenvalue weighted by molar-refractivity contribution is 5.57.